The second-order valence-corrected chi connectivity index (χ2v) is 5.12. The van der Waals surface area contributed by atoms with Gasteiger partial charge in [0.15, 0.2) is 0 Å². The van der Waals surface area contributed by atoms with Crippen LogP contribution in [-0.2, 0) is 0 Å². The molecular formula is C13H17FN2. The van der Waals surface area contributed by atoms with Crippen LogP contribution in [0.25, 0.3) is 0 Å². The number of halogens is 1. The van der Waals surface area contributed by atoms with Crippen LogP contribution in [0.1, 0.15) is 25.7 Å². The molecule has 16 heavy (non-hydrogen) atoms. The lowest BCUT2D eigenvalue weighted by Gasteiger charge is -2.19. The molecule has 1 aromatic rings. The number of nitrogens with two attached hydrogens (primary N) is 1. The molecule has 2 aliphatic carbocycles. The summed E-state index contributed by atoms with van der Waals surface area (Å²) in [4.78, 5) is 0. The number of rotatable bonds is 4. The van der Waals surface area contributed by atoms with Crippen LogP contribution >= 0.6 is 0 Å². The van der Waals surface area contributed by atoms with Gasteiger partial charge in [-0.15, -0.1) is 0 Å². The fraction of sp³-hybridized carbons (Fsp3) is 0.538. The van der Waals surface area contributed by atoms with Gasteiger partial charge in [-0.25, -0.2) is 4.39 Å². The molecule has 0 aromatic heterocycles. The molecule has 3 N–H and O–H groups in total. The smallest absolute Gasteiger partial charge is 0.127 e. The molecule has 3 heteroatoms. The molecule has 2 nitrogen and oxygen atoms in total. The second-order valence-electron chi connectivity index (χ2n) is 5.12. The van der Waals surface area contributed by atoms with Crippen molar-refractivity contribution in [2.75, 3.05) is 11.1 Å². The molecule has 0 radical (unpaired) electrons. The lowest BCUT2D eigenvalue weighted by atomic mass is 10.1. The van der Waals surface area contributed by atoms with Crippen molar-refractivity contribution in [3.05, 3.63) is 24.0 Å². The summed E-state index contributed by atoms with van der Waals surface area (Å²) in [6.45, 7) is 0. The molecular weight excluding hydrogens is 203 g/mol. The van der Waals surface area contributed by atoms with Gasteiger partial charge in [0.25, 0.3) is 0 Å². The summed E-state index contributed by atoms with van der Waals surface area (Å²) in [5.41, 5.74) is 6.97. The molecule has 2 aliphatic rings. The average molecular weight is 220 g/mol. The normalized spacial score (nSPS) is 20.1. The van der Waals surface area contributed by atoms with Gasteiger partial charge < -0.3 is 11.1 Å². The van der Waals surface area contributed by atoms with Crippen LogP contribution in [0.15, 0.2) is 18.2 Å². The topological polar surface area (TPSA) is 38.0 Å². The Hall–Kier alpha value is -1.25. The van der Waals surface area contributed by atoms with Crippen molar-refractivity contribution < 1.29 is 4.39 Å². The van der Waals surface area contributed by atoms with Gasteiger partial charge in [0.05, 0.1) is 0 Å². The molecule has 0 spiro atoms. The van der Waals surface area contributed by atoms with Gasteiger partial charge >= 0.3 is 0 Å². The Labute approximate surface area is 95.0 Å². The highest BCUT2D eigenvalue weighted by atomic mass is 19.1. The monoisotopic (exact) mass is 220 g/mol. The molecule has 1 aromatic carbocycles. The fourth-order valence-corrected chi connectivity index (χ4v) is 2.42. The Bertz CT molecular complexity index is 365. The minimum Gasteiger partial charge on any atom is -0.399 e. The van der Waals surface area contributed by atoms with Crippen LogP contribution in [0.4, 0.5) is 15.8 Å². The van der Waals surface area contributed by atoms with Crippen molar-refractivity contribution in [3.8, 4) is 0 Å². The van der Waals surface area contributed by atoms with E-state index in [1.54, 1.807) is 0 Å². The summed E-state index contributed by atoms with van der Waals surface area (Å²) >= 11 is 0. The largest absolute Gasteiger partial charge is 0.399 e. The highest BCUT2D eigenvalue weighted by Crippen LogP contribution is 2.45. The lowest BCUT2D eigenvalue weighted by Crippen LogP contribution is -2.24. The standard InChI is InChI=1S/C13H17FN2/c14-10-5-11(15)7-12(6-10)16-13(8-1-2-8)9-3-4-9/h5-9,13,16H,1-4,15H2. The molecule has 2 saturated carbocycles. The molecule has 0 saturated heterocycles. The van der Waals surface area contributed by atoms with E-state index in [9.17, 15) is 4.39 Å². The highest BCUT2D eigenvalue weighted by molar-refractivity contribution is 5.55. The maximum atomic E-state index is 13.2. The Morgan fingerprint density at radius 3 is 2.25 bits per heavy atom. The molecule has 0 bridgehead atoms. The third-order valence-electron chi connectivity index (χ3n) is 3.51. The summed E-state index contributed by atoms with van der Waals surface area (Å²) in [5, 5.41) is 3.46. The quantitative estimate of drug-likeness (QED) is 0.765. The third kappa shape index (κ3) is 2.13. The van der Waals surface area contributed by atoms with Crippen molar-refractivity contribution in [1.29, 1.82) is 0 Å². The van der Waals surface area contributed by atoms with Crippen LogP contribution < -0.4 is 11.1 Å². The Morgan fingerprint density at radius 2 is 1.75 bits per heavy atom. The minimum absolute atomic E-state index is 0.257. The number of nitrogens with one attached hydrogen (secondary N) is 1. The van der Waals surface area contributed by atoms with E-state index >= 15 is 0 Å². The Balaban J connectivity index is 1.75. The average Bonchev–Trinajstić information content (AvgIpc) is 3.07. The van der Waals surface area contributed by atoms with Crippen LogP contribution in [0.3, 0.4) is 0 Å². The summed E-state index contributed by atoms with van der Waals surface area (Å²) in [5.74, 6) is 1.35. The first-order valence-corrected chi connectivity index (χ1v) is 6.05. The van der Waals surface area contributed by atoms with E-state index < -0.39 is 0 Å². The Morgan fingerprint density at radius 1 is 1.12 bits per heavy atom. The molecule has 3 rings (SSSR count). The number of nitrogen functional groups attached to an aromatic ring is 1. The maximum Gasteiger partial charge on any atom is 0.127 e. The lowest BCUT2D eigenvalue weighted by molar-refractivity contribution is 0.566. The van der Waals surface area contributed by atoms with E-state index in [2.05, 4.69) is 5.32 Å². The summed E-state index contributed by atoms with van der Waals surface area (Å²) in [6.07, 6.45) is 5.27. The van der Waals surface area contributed by atoms with Crippen molar-refractivity contribution in [3.63, 3.8) is 0 Å². The van der Waals surface area contributed by atoms with E-state index in [1.807, 2.05) is 6.07 Å². The van der Waals surface area contributed by atoms with E-state index in [-0.39, 0.29) is 5.82 Å². The molecule has 2 fully saturated rings. The number of hydrogen-bond donors (Lipinski definition) is 2. The Kier molecular flexibility index (Phi) is 2.27. The first kappa shape index (κ1) is 9.94. The van der Waals surface area contributed by atoms with Gasteiger partial charge in [0.2, 0.25) is 0 Å². The van der Waals surface area contributed by atoms with Gasteiger partial charge in [-0.3, -0.25) is 0 Å². The molecule has 0 amide bonds. The van der Waals surface area contributed by atoms with E-state index in [1.165, 1.54) is 37.8 Å². The zero-order chi connectivity index (χ0) is 11.1. The third-order valence-corrected chi connectivity index (χ3v) is 3.51. The van der Waals surface area contributed by atoms with Gasteiger partial charge in [0.1, 0.15) is 5.82 Å². The summed E-state index contributed by atoms with van der Waals surface area (Å²) in [6, 6.07) is 5.25. The van der Waals surface area contributed by atoms with Crippen LogP contribution in [0, 0.1) is 17.7 Å². The zero-order valence-corrected chi connectivity index (χ0v) is 9.25. The second kappa shape index (κ2) is 3.65. The predicted octanol–water partition coefficient (Wildman–Crippen LogP) is 3.01. The first-order chi connectivity index (χ1) is 7.72. The van der Waals surface area contributed by atoms with E-state index in [0.717, 1.165) is 17.5 Å². The minimum atomic E-state index is -0.257. The number of hydrogen-bond acceptors (Lipinski definition) is 2. The van der Waals surface area contributed by atoms with Gasteiger partial charge in [-0.1, -0.05) is 0 Å². The predicted molar refractivity (Wildman–Crippen MR) is 63.7 cm³/mol. The van der Waals surface area contributed by atoms with Gasteiger partial charge in [-0.05, 0) is 55.7 Å². The molecule has 86 valence electrons. The van der Waals surface area contributed by atoms with Crippen molar-refractivity contribution in [2.45, 2.75) is 31.7 Å². The molecule has 0 heterocycles. The molecule has 0 unspecified atom stereocenters. The van der Waals surface area contributed by atoms with E-state index in [4.69, 9.17) is 5.73 Å². The van der Waals surface area contributed by atoms with Gasteiger partial charge in [0, 0.05) is 17.4 Å². The van der Waals surface area contributed by atoms with Crippen molar-refractivity contribution in [2.24, 2.45) is 11.8 Å². The van der Waals surface area contributed by atoms with Crippen LogP contribution in [-0.4, -0.2) is 6.04 Å². The van der Waals surface area contributed by atoms with Crippen molar-refractivity contribution >= 4 is 11.4 Å². The fourth-order valence-electron chi connectivity index (χ4n) is 2.42. The maximum absolute atomic E-state index is 13.2. The van der Waals surface area contributed by atoms with Crippen LogP contribution in [0.2, 0.25) is 0 Å². The summed E-state index contributed by atoms with van der Waals surface area (Å²) in [7, 11) is 0. The molecule has 0 aliphatic heterocycles. The molecule has 0 atom stereocenters. The first-order valence-electron chi connectivity index (χ1n) is 6.05. The number of benzene rings is 1. The highest BCUT2D eigenvalue weighted by Gasteiger charge is 2.41. The van der Waals surface area contributed by atoms with Crippen LogP contribution in [0.5, 0.6) is 0 Å². The van der Waals surface area contributed by atoms with Gasteiger partial charge in [-0.2, -0.15) is 0 Å². The summed E-state index contributed by atoms with van der Waals surface area (Å²) < 4.78 is 13.2. The number of anilines is 2. The SMILES string of the molecule is Nc1cc(F)cc(NC(C2CC2)C2CC2)c1. The van der Waals surface area contributed by atoms with E-state index in [0.29, 0.717) is 11.7 Å². The zero-order valence-electron chi connectivity index (χ0n) is 9.25. The van der Waals surface area contributed by atoms with Crippen molar-refractivity contribution in [1.82, 2.24) is 0 Å².